The van der Waals surface area contributed by atoms with Gasteiger partial charge in [0.15, 0.2) is 5.82 Å². The summed E-state index contributed by atoms with van der Waals surface area (Å²) in [6, 6.07) is 16.9. The van der Waals surface area contributed by atoms with Gasteiger partial charge in [-0.2, -0.15) is 9.97 Å². The summed E-state index contributed by atoms with van der Waals surface area (Å²) in [7, 11) is 3.09. The molecule has 3 aromatic rings. The summed E-state index contributed by atoms with van der Waals surface area (Å²) < 4.78 is 17.6. The first-order chi connectivity index (χ1) is 18.0. The van der Waals surface area contributed by atoms with Crippen LogP contribution in [-0.4, -0.2) is 61.2 Å². The molecule has 0 aliphatic carbocycles. The highest BCUT2D eigenvalue weighted by Gasteiger charge is 2.29. The van der Waals surface area contributed by atoms with Crippen molar-refractivity contribution in [2.24, 2.45) is 5.92 Å². The molecule has 0 radical (unpaired) electrons. The van der Waals surface area contributed by atoms with Crippen LogP contribution in [0.15, 0.2) is 59.1 Å². The van der Waals surface area contributed by atoms with Crippen molar-refractivity contribution < 1.29 is 19.0 Å². The molecule has 1 fully saturated rings. The summed E-state index contributed by atoms with van der Waals surface area (Å²) in [6.45, 7) is 5.15. The number of ether oxygens (including phenoxy) is 3. The number of carbonyl (C=O) groups is 1. The van der Waals surface area contributed by atoms with E-state index in [1.54, 1.807) is 20.3 Å². The Kier molecular flexibility index (Phi) is 9.35. The molecule has 1 aromatic heterocycles. The van der Waals surface area contributed by atoms with Crippen molar-refractivity contribution >= 4 is 21.8 Å². The summed E-state index contributed by atoms with van der Waals surface area (Å²) in [5.74, 6) is 1.98. The van der Waals surface area contributed by atoms with Gasteiger partial charge in [-0.1, -0.05) is 40.2 Å². The smallest absolute Gasteiger partial charge is 0.224 e. The minimum atomic E-state index is -0.518. The Morgan fingerprint density at radius 2 is 1.70 bits per heavy atom. The second-order valence-electron chi connectivity index (χ2n) is 9.03. The van der Waals surface area contributed by atoms with Crippen molar-refractivity contribution in [1.29, 1.82) is 0 Å². The maximum absolute atomic E-state index is 13.4. The number of amides is 1. The zero-order valence-electron chi connectivity index (χ0n) is 21.4. The molecule has 4 rings (SSSR count). The molecule has 2 aromatic carbocycles. The van der Waals surface area contributed by atoms with Gasteiger partial charge in [-0.15, -0.1) is 0 Å². The third-order valence-electron chi connectivity index (χ3n) is 6.61. The maximum atomic E-state index is 13.4. The van der Waals surface area contributed by atoms with E-state index >= 15 is 0 Å². The fourth-order valence-electron chi connectivity index (χ4n) is 4.45. The van der Waals surface area contributed by atoms with Crippen LogP contribution in [0.1, 0.15) is 35.8 Å². The zero-order chi connectivity index (χ0) is 26.2. The Hall–Kier alpha value is -3.17. The molecule has 0 saturated carbocycles. The number of rotatable bonds is 10. The number of hydrogen-bond acceptors (Lipinski definition) is 7. The van der Waals surface area contributed by atoms with Gasteiger partial charge in [0.05, 0.1) is 20.3 Å². The number of aromatic nitrogens is 2. The van der Waals surface area contributed by atoms with E-state index in [1.807, 2.05) is 55.5 Å². The molecule has 1 aliphatic heterocycles. The molecule has 0 spiro atoms. The first kappa shape index (κ1) is 26.9. The molecule has 9 heteroatoms. The van der Waals surface area contributed by atoms with Crippen LogP contribution >= 0.6 is 15.9 Å². The van der Waals surface area contributed by atoms with Crippen LogP contribution in [0.5, 0.6) is 17.5 Å². The quantitative estimate of drug-likeness (QED) is 0.383. The van der Waals surface area contributed by atoms with Crippen LogP contribution in [0, 0.1) is 12.8 Å². The Balaban J connectivity index is 1.39. The van der Waals surface area contributed by atoms with Crippen molar-refractivity contribution in [3.8, 4) is 17.5 Å². The van der Waals surface area contributed by atoms with Crippen molar-refractivity contribution in [3.05, 3.63) is 76.0 Å². The third kappa shape index (κ3) is 7.20. The highest BCUT2D eigenvalue weighted by molar-refractivity contribution is 9.10. The molecule has 1 unspecified atom stereocenters. The van der Waals surface area contributed by atoms with E-state index in [-0.39, 0.29) is 11.8 Å². The predicted octanol–water partition coefficient (Wildman–Crippen LogP) is 4.56. The van der Waals surface area contributed by atoms with Crippen molar-refractivity contribution in [2.45, 2.75) is 25.8 Å². The molecular weight excluding hydrogens is 536 g/mol. The SMILES string of the molecule is COc1cc(OC)nc(C(NC(=O)C2CCN(CCOc3ccc(Br)cc3)CC2)c2ccccc2C)n1. The molecule has 8 nitrogen and oxygen atoms in total. The summed E-state index contributed by atoms with van der Waals surface area (Å²) in [5, 5.41) is 3.22. The molecular formula is C28H33BrN4O4. The molecule has 2 heterocycles. The van der Waals surface area contributed by atoms with Crippen LogP contribution in [0.2, 0.25) is 0 Å². The number of piperidine rings is 1. The molecule has 37 heavy (non-hydrogen) atoms. The van der Waals surface area contributed by atoms with Gasteiger partial charge in [-0.25, -0.2) is 0 Å². The average Bonchev–Trinajstić information content (AvgIpc) is 2.93. The third-order valence-corrected chi connectivity index (χ3v) is 7.14. The van der Waals surface area contributed by atoms with Gasteiger partial charge < -0.3 is 19.5 Å². The molecule has 1 atom stereocenters. The lowest BCUT2D eigenvalue weighted by molar-refractivity contribution is -0.127. The second-order valence-corrected chi connectivity index (χ2v) is 9.94. The van der Waals surface area contributed by atoms with E-state index in [4.69, 9.17) is 14.2 Å². The molecule has 1 amide bonds. The summed E-state index contributed by atoms with van der Waals surface area (Å²) in [4.78, 5) is 24.9. The fourth-order valence-corrected chi connectivity index (χ4v) is 4.72. The monoisotopic (exact) mass is 568 g/mol. The van der Waals surface area contributed by atoms with Gasteiger partial charge in [0.25, 0.3) is 0 Å². The highest BCUT2D eigenvalue weighted by atomic mass is 79.9. The summed E-state index contributed by atoms with van der Waals surface area (Å²) >= 11 is 3.44. The maximum Gasteiger partial charge on any atom is 0.224 e. The lowest BCUT2D eigenvalue weighted by Crippen LogP contribution is -2.43. The Labute approximate surface area is 226 Å². The van der Waals surface area contributed by atoms with E-state index in [2.05, 4.69) is 36.1 Å². The van der Waals surface area contributed by atoms with Crippen LogP contribution < -0.4 is 19.5 Å². The minimum Gasteiger partial charge on any atom is -0.492 e. The number of hydrogen-bond donors (Lipinski definition) is 1. The molecule has 1 N–H and O–H groups in total. The topological polar surface area (TPSA) is 85.8 Å². The molecule has 1 saturated heterocycles. The second kappa shape index (κ2) is 12.9. The van der Waals surface area contributed by atoms with E-state index in [0.717, 1.165) is 53.8 Å². The number of carbonyl (C=O) groups excluding carboxylic acids is 1. The van der Waals surface area contributed by atoms with Gasteiger partial charge in [0.2, 0.25) is 17.7 Å². The number of halogens is 1. The first-order valence-corrected chi connectivity index (χ1v) is 13.2. The number of nitrogens with zero attached hydrogens (tertiary/aromatic N) is 3. The lowest BCUT2D eigenvalue weighted by Gasteiger charge is -2.32. The van der Waals surface area contributed by atoms with E-state index in [0.29, 0.717) is 24.2 Å². The standard InChI is InChI=1S/C28H33BrN4O4/c1-19-6-4-5-7-23(19)26(27-30-24(35-2)18-25(31-27)36-3)32-28(34)20-12-14-33(15-13-20)16-17-37-22-10-8-21(29)9-11-22/h4-11,18,20,26H,12-17H2,1-3H3,(H,32,34). The first-order valence-electron chi connectivity index (χ1n) is 12.4. The summed E-state index contributed by atoms with van der Waals surface area (Å²) in [6.07, 6.45) is 1.57. The van der Waals surface area contributed by atoms with Crippen LogP contribution in [0.25, 0.3) is 0 Å². The van der Waals surface area contributed by atoms with Gasteiger partial charge in [0, 0.05) is 16.9 Å². The lowest BCUT2D eigenvalue weighted by atomic mass is 9.94. The van der Waals surface area contributed by atoms with Gasteiger partial charge >= 0.3 is 0 Å². The van der Waals surface area contributed by atoms with Crippen molar-refractivity contribution in [3.63, 3.8) is 0 Å². The Morgan fingerprint density at radius 3 is 2.32 bits per heavy atom. The number of benzene rings is 2. The minimum absolute atomic E-state index is 0.00408. The Morgan fingerprint density at radius 1 is 1.05 bits per heavy atom. The molecule has 0 bridgehead atoms. The number of methoxy groups -OCH3 is 2. The van der Waals surface area contributed by atoms with Gasteiger partial charge in [0.1, 0.15) is 18.4 Å². The molecule has 1 aliphatic rings. The van der Waals surface area contributed by atoms with Gasteiger partial charge in [-0.3, -0.25) is 9.69 Å². The van der Waals surface area contributed by atoms with E-state index < -0.39 is 6.04 Å². The number of likely N-dealkylation sites (tertiary alicyclic amines) is 1. The number of aryl methyl sites for hydroxylation is 1. The van der Waals surface area contributed by atoms with Crippen molar-refractivity contribution in [2.75, 3.05) is 40.5 Å². The average molecular weight is 570 g/mol. The van der Waals surface area contributed by atoms with E-state index in [9.17, 15) is 4.79 Å². The molecule has 196 valence electrons. The van der Waals surface area contributed by atoms with Crippen LogP contribution in [-0.2, 0) is 4.79 Å². The Bertz CT molecular complexity index is 1160. The number of nitrogens with one attached hydrogen (secondary N) is 1. The largest absolute Gasteiger partial charge is 0.492 e. The predicted molar refractivity (Wildman–Crippen MR) is 145 cm³/mol. The highest BCUT2D eigenvalue weighted by Crippen LogP contribution is 2.28. The fraction of sp³-hybridized carbons (Fsp3) is 0.393. The normalized spacial score (nSPS) is 15.1. The zero-order valence-corrected chi connectivity index (χ0v) is 23.0. The van der Waals surface area contributed by atoms with Crippen LogP contribution in [0.4, 0.5) is 0 Å². The summed E-state index contributed by atoms with van der Waals surface area (Å²) in [5.41, 5.74) is 1.98. The van der Waals surface area contributed by atoms with E-state index in [1.165, 1.54) is 0 Å². The van der Waals surface area contributed by atoms with Gasteiger partial charge in [-0.05, 0) is 68.2 Å². The van der Waals surface area contributed by atoms with Crippen LogP contribution in [0.3, 0.4) is 0 Å². The van der Waals surface area contributed by atoms with Crippen molar-refractivity contribution in [1.82, 2.24) is 20.2 Å².